The van der Waals surface area contributed by atoms with Crippen molar-refractivity contribution in [2.45, 2.75) is 31.7 Å². The maximum Gasteiger partial charge on any atom is 0.280 e. The lowest BCUT2D eigenvalue weighted by Gasteiger charge is -2.06. The number of carbonyl (C=O) groups is 1. The van der Waals surface area contributed by atoms with E-state index in [-0.39, 0.29) is 28.8 Å². The van der Waals surface area contributed by atoms with Gasteiger partial charge in [-0.3, -0.25) is 9.48 Å². The Balaban J connectivity index is 1.39. The first kappa shape index (κ1) is 22.2. The lowest BCUT2D eigenvalue weighted by atomic mass is 10.2. The highest BCUT2D eigenvalue weighted by Gasteiger charge is 2.28. The van der Waals surface area contributed by atoms with Crippen molar-refractivity contribution in [1.82, 2.24) is 24.4 Å². The molecule has 5 rings (SSSR count). The second-order valence-electron chi connectivity index (χ2n) is 7.69. The quantitative estimate of drug-likeness (QED) is 0.311. The summed E-state index contributed by atoms with van der Waals surface area (Å²) in [5.74, 6) is -0.152. The Hall–Kier alpha value is -2.56. The Labute approximate surface area is 204 Å². The van der Waals surface area contributed by atoms with E-state index < -0.39 is 12.3 Å². The van der Waals surface area contributed by atoms with E-state index in [1.54, 1.807) is 29.1 Å². The number of hydrogen-bond donors (Lipinski definition) is 1. The third-order valence-corrected chi connectivity index (χ3v) is 6.39. The Kier molecular flexibility index (Phi) is 5.84. The van der Waals surface area contributed by atoms with Gasteiger partial charge in [0.05, 0.1) is 11.0 Å². The normalized spacial score (nSPS) is 13.8. The van der Waals surface area contributed by atoms with Crippen LogP contribution in [0, 0.1) is 0 Å². The van der Waals surface area contributed by atoms with Crippen molar-refractivity contribution in [3.8, 4) is 0 Å². The third-order valence-electron chi connectivity index (χ3n) is 5.22. The number of alkyl halides is 2. The molecule has 1 aliphatic rings. The zero-order valence-electron chi connectivity index (χ0n) is 16.8. The highest BCUT2D eigenvalue weighted by molar-refractivity contribution is 9.10. The molecule has 170 valence electrons. The molecule has 0 unspecified atom stereocenters. The van der Waals surface area contributed by atoms with Gasteiger partial charge < -0.3 is 5.32 Å². The maximum absolute atomic E-state index is 13.6. The predicted octanol–water partition coefficient (Wildman–Crippen LogP) is 6.11. The number of fused-ring (bicyclic) bond motifs is 1. The SMILES string of the molecule is O=C(Nc1nn(Cc2ccc(Cl)cc2Cl)cc1Br)c1cc2nc(C3CC3)cc(C(F)F)n2n1. The van der Waals surface area contributed by atoms with Crippen molar-refractivity contribution < 1.29 is 13.6 Å². The number of amides is 1. The minimum Gasteiger partial charge on any atom is -0.303 e. The van der Waals surface area contributed by atoms with E-state index in [4.69, 9.17) is 23.2 Å². The summed E-state index contributed by atoms with van der Waals surface area (Å²) in [5.41, 5.74) is 1.28. The molecule has 0 bridgehead atoms. The standard InChI is InChI=1S/C21H15BrCl2F2N6O/c22-13-9-31(8-11-3-4-12(23)5-14(11)24)30-20(13)28-21(33)16-7-18-27-15(10-1-2-10)6-17(19(25)26)32(18)29-16/h3-7,9-10,19H,1-2,8H2,(H,28,30,33). The van der Waals surface area contributed by atoms with E-state index in [2.05, 4.69) is 36.4 Å². The first-order valence-corrected chi connectivity index (χ1v) is 11.5. The summed E-state index contributed by atoms with van der Waals surface area (Å²) in [6.07, 6.45) is 0.785. The number of aromatic nitrogens is 5. The molecular weight excluding hydrogens is 541 g/mol. The van der Waals surface area contributed by atoms with Crippen LogP contribution in [-0.2, 0) is 6.54 Å². The molecule has 1 aromatic carbocycles. The van der Waals surface area contributed by atoms with Crippen molar-refractivity contribution in [2.24, 2.45) is 0 Å². The van der Waals surface area contributed by atoms with E-state index in [0.717, 1.165) is 22.9 Å². The highest BCUT2D eigenvalue weighted by Crippen LogP contribution is 2.40. The monoisotopic (exact) mass is 554 g/mol. The smallest absolute Gasteiger partial charge is 0.280 e. The van der Waals surface area contributed by atoms with Crippen LogP contribution >= 0.6 is 39.1 Å². The molecule has 0 spiro atoms. The Morgan fingerprint density at radius 2 is 2.00 bits per heavy atom. The number of carbonyl (C=O) groups excluding carboxylic acids is 1. The van der Waals surface area contributed by atoms with E-state index in [1.165, 1.54) is 12.1 Å². The molecule has 12 heteroatoms. The lowest BCUT2D eigenvalue weighted by molar-refractivity contribution is 0.102. The molecule has 1 aliphatic carbocycles. The molecule has 0 saturated heterocycles. The van der Waals surface area contributed by atoms with Gasteiger partial charge in [-0.2, -0.15) is 10.2 Å². The van der Waals surface area contributed by atoms with Crippen molar-refractivity contribution in [2.75, 3.05) is 5.32 Å². The summed E-state index contributed by atoms with van der Waals surface area (Å²) in [7, 11) is 0. The van der Waals surface area contributed by atoms with Crippen LogP contribution in [0.25, 0.3) is 5.65 Å². The van der Waals surface area contributed by atoms with Crippen LogP contribution in [0.5, 0.6) is 0 Å². The molecule has 1 amide bonds. The van der Waals surface area contributed by atoms with Crippen molar-refractivity contribution >= 4 is 56.5 Å². The van der Waals surface area contributed by atoms with Gasteiger partial charge in [-0.15, -0.1) is 0 Å². The first-order valence-electron chi connectivity index (χ1n) is 9.95. The van der Waals surface area contributed by atoms with E-state index in [9.17, 15) is 13.6 Å². The van der Waals surface area contributed by atoms with Crippen LogP contribution < -0.4 is 5.32 Å². The molecule has 7 nitrogen and oxygen atoms in total. The summed E-state index contributed by atoms with van der Waals surface area (Å²) < 4.78 is 30.3. The zero-order chi connectivity index (χ0) is 23.3. The van der Waals surface area contributed by atoms with Gasteiger partial charge >= 0.3 is 0 Å². The molecule has 1 saturated carbocycles. The van der Waals surface area contributed by atoms with Gasteiger partial charge in [-0.05, 0) is 52.5 Å². The van der Waals surface area contributed by atoms with Crippen LogP contribution in [0.15, 0.2) is 41.0 Å². The molecule has 3 aromatic heterocycles. The highest BCUT2D eigenvalue weighted by atomic mass is 79.9. The molecule has 4 aromatic rings. The minimum absolute atomic E-state index is 0.0421. The van der Waals surface area contributed by atoms with Crippen LogP contribution in [-0.4, -0.2) is 30.3 Å². The number of rotatable bonds is 6. The van der Waals surface area contributed by atoms with E-state index in [0.29, 0.717) is 26.8 Å². The number of benzene rings is 1. The van der Waals surface area contributed by atoms with E-state index in [1.807, 2.05) is 0 Å². The average Bonchev–Trinajstić information content (AvgIpc) is 3.43. The van der Waals surface area contributed by atoms with Gasteiger partial charge in [0, 0.05) is 33.9 Å². The summed E-state index contributed by atoms with van der Waals surface area (Å²) >= 11 is 15.5. The topological polar surface area (TPSA) is 77.1 Å². The number of anilines is 1. The van der Waals surface area contributed by atoms with Gasteiger partial charge in [-0.25, -0.2) is 18.3 Å². The Morgan fingerprint density at radius 1 is 1.21 bits per heavy atom. The third kappa shape index (κ3) is 4.60. The molecular formula is C21H15BrCl2F2N6O. The van der Waals surface area contributed by atoms with Gasteiger partial charge in [0.15, 0.2) is 17.2 Å². The molecule has 1 fully saturated rings. The second-order valence-corrected chi connectivity index (χ2v) is 9.39. The van der Waals surface area contributed by atoms with Crippen LogP contribution in [0.2, 0.25) is 10.0 Å². The lowest BCUT2D eigenvalue weighted by Crippen LogP contribution is -2.14. The van der Waals surface area contributed by atoms with Gasteiger partial charge in [0.25, 0.3) is 12.3 Å². The Bertz CT molecular complexity index is 1380. The summed E-state index contributed by atoms with van der Waals surface area (Å²) in [5, 5.41) is 12.1. The largest absolute Gasteiger partial charge is 0.303 e. The van der Waals surface area contributed by atoms with Crippen molar-refractivity contribution in [3.05, 3.63) is 73.7 Å². The fourth-order valence-corrected chi connectivity index (χ4v) is 4.31. The number of halogens is 5. The summed E-state index contributed by atoms with van der Waals surface area (Å²) in [6.45, 7) is 0.352. The van der Waals surface area contributed by atoms with Gasteiger partial charge in [0.1, 0.15) is 5.69 Å². The maximum atomic E-state index is 13.6. The second kappa shape index (κ2) is 8.66. The van der Waals surface area contributed by atoms with Crippen LogP contribution in [0.1, 0.15) is 52.6 Å². The summed E-state index contributed by atoms with van der Waals surface area (Å²) in [6, 6.07) is 7.91. The fourth-order valence-electron chi connectivity index (χ4n) is 3.43. The summed E-state index contributed by atoms with van der Waals surface area (Å²) in [4.78, 5) is 17.2. The number of hydrogen-bond acceptors (Lipinski definition) is 4. The van der Waals surface area contributed by atoms with Crippen LogP contribution in [0.3, 0.4) is 0 Å². The molecule has 0 aliphatic heterocycles. The first-order chi connectivity index (χ1) is 15.8. The molecule has 0 radical (unpaired) electrons. The number of nitrogens with one attached hydrogen (secondary N) is 1. The molecule has 33 heavy (non-hydrogen) atoms. The van der Waals surface area contributed by atoms with Gasteiger partial charge in [-0.1, -0.05) is 29.3 Å². The average molecular weight is 556 g/mol. The number of nitrogens with zero attached hydrogens (tertiary/aromatic N) is 5. The van der Waals surface area contributed by atoms with Crippen LogP contribution in [0.4, 0.5) is 14.6 Å². The van der Waals surface area contributed by atoms with Crippen molar-refractivity contribution in [1.29, 1.82) is 0 Å². The minimum atomic E-state index is -2.74. The fraction of sp³-hybridized carbons (Fsp3) is 0.238. The molecule has 0 atom stereocenters. The predicted molar refractivity (Wildman–Crippen MR) is 123 cm³/mol. The zero-order valence-corrected chi connectivity index (χ0v) is 19.9. The van der Waals surface area contributed by atoms with Gasteiger partial charge in [0.2, 0.25) is 0 Å². The Morgan fingerprint density at radius 3 is 2.70 bits per heavy atom. The van der Waals surface area contributed by atoms with Crippen molar-refractivity contribution in [3.63, 3.8) is 0 Å². The molecule has 3 heterocycles. The van der Waals surface area contributed by atoms with E-state index >= 15 is 0 Å². The molecule has 1 N–H and O–H groups in total.